The molecule has 1 N–H and O–H groups in total. The van der Waals surface area contributed by atoms with E-state index in [1.165, 1.54) is 0 Å². The normalized spacial score (nSPS) is 17.7. The van der Waals surface area contributed by atoms with E-state index in [9.17, 15) is 4.79 Å². The van der Waals surface area contributed by atoms with Crippen molar-refractivity contribution in [2.45, 2.75) is 27.2 Å². The van der Waals surface area contributed by atoms with Crippen LogP contribution in [0.5, 0.6) is 0 Å². The van der Waals surface area contributed by atoms with Gasteiger partial charge in [0.1, 0.15) is 0 Å². The molecule has 1 amide bonds. The quantitative estimate of drug-likeness (QED) is 0.736. The van der Waals surface area contributed by atoms with E-state index in [0.717, 1.165) is 26.1 Å². The number of amides is 1. The molecule has 3 heteroatoms. The standard InChI is InChI=1S/C11H22N2O/c1-11(2,3)5-6-13(4)10(14)9-7-12-8-9/h9,12H,5-8H2,1-4H3. The van der Waals surface area contributed by atoms with Gasteiger partial charge in [-0.05, 0) is 11.8 Å². The van der Waals surface area contributed by atoms with Gasteiger partial charge in [-0.1, -0.05) is 20.8 Å². The molecule has 3 nitrogen and oxygen atoms in total. The van der Waals surface area contributed by atoms with E-state index in [1.807, 2.05) is 11.9 Å². The highest BCUT2D eigenvalue weighted by Gasteiger charge is 2.27. The number of nitrogens with one attached hydrogen (secondary N) is 1. The molecule has 0 aromatic heterocycles. The molecule has 0 aromatic rings. The monoisotopic (exact) mass is 198 g/mol. The van der Waals surface area contributed by atoms with Crippen LogP contribution in [0.3, 0.4) is 0 Å². The summed E-state index contributed by atoms with van der Waals surface area (Å²) in [5, 5.41) is 3.12. The smallest absolute Gasteiger partial charge is 0.227 e. The zero-order valence-electron chi connectivity index (χ0n) is 9.76. The fourth-order valence-corrected chi connectivity index (χ4v) is 1.39. The average molecular weight is 198 g/mol. The second kappa shape index (κ2) is 4.30. The Kier molecular flexibility index (Phi) is 3.53. The molecule has 0 radical (unpaired) electrons. The Bertz CT molecular complexity index is 204. The summed E-state index contributed by atoms with van der Waals surface area (Å²) in [6, 6.07) is 0. The van der Waals surface area contributed by atoms with E-state index < -0.39 is 0 Å². The third-order valence-electron chi connectivity index (χ3n) is 2.70. The number of carbonyl (C=O) groups is 1. The van der Waals surface area contributed by atoms with Crippen LogP contribution in [0.2, 0.25) is 0 Å². The summed E-state index contributed by atoms with van der Waals surface area (Å²) in [6.45, 7) is 9.21. The Labute approximate surface area is 86.9 Å². The van der Waals surface area contributed by atoms with Crippen molar-refractivity contribution in [3.63, 3.8) is 0 Å². The Balaban J connectivity index is 2.26. The largest absolute Gasteiger partial charge is 0.345 e. The average Bonchev–Trinajstić information content (AvgIpc) is 1.95. The van der Waals surface area contributed by atoms with E-state index >= 15 is 0 Å². The molecule has 1 rings (SSSR count). The highest BCUT2D eigenvalue weighted by Crippen LogP contribution is 2.19. The number of carbonyl (C=O) groups excluding carboxylic acids is 1. The van der Waals surface area contributed by atoms with Gasteiger partial charge in [-0.25, -0.2) is 0 Å². The van der Waals surface area contributed by atoms with Gasteiger partial charge < -0.3 is 10.2 Å². The molecule has 1 saturated heterocycles. The van der Waals surface area contributed by atoms with Crippen molar-refractivity contribution in [1.82, 2.24) is 10.2 Å². The zero-order chi connectivity index (χ0) is 10.8. The SMILES string of the molecule is CN(CCC(C)(C)C)C(=O)C1CNC1. The summed E-state index contributed by atoms with van der Waals surface area (Å²) in [4.78, 5) is 13.6. The summed E-state index contributed by atoms with van der Waals surface area (Å²) in [5.74, 6) is 0.535. The van der Waals surface area contributed by atoms with Crippen molar-refractivity contribution in [2.75, 3.05) is 26.7 Å². The van der Waals surface area contributed by atoms with Gasteiger partial charge >= 0.3 is 0 Å². The lowest BCUT2D eigenvalue weighted by molar-refractivity contribution is -0.135. The lowest BCUT2D eigenvalue weighted by Gasteiger charge is -2.31. The number of nitrogens with zero attached hydrogens (tertiary/aromatic N) is 1. The topological polar surface area (TPSA) is 32.3 Å². The third-order valence-corrected chi connectivity index (χ3v) is 2.70. The van der Waals surface area contributed by atoms with Gasteiger partial charge in [0.2, 0.25) is 5.91 Å². The lowest BCUT2D eigenvalue weighted by atomic mass is 9.92. The Hall–Kier alpha value is -0.570. The molecule has 82 valence electrons. The molecule has 1 heterocycles. The molecule has 14 heavy (non-hydrogen) atoms. The van der Waals surface area contributed by atoms with Crippen molar-refractivity contribution in [1.29, 1.82) is 0 Å². The van der Waals surface area contributed by atoms with Crippen molar-refractivity contribution in [3.8, 4) is 0 Å². The molecule has 0 aliphatic carbocycles. The predicted octanol–water partition coefficient (Wildman–Crippen LogP) is 1.10. The Morgan fingerprint density at radius 1 is 1.43 bits per heavy atom. The first-order valence-electron chi connectivity index (χ1n) is 5.36. The van der Waals surface area contributed by atoms with E-state index in [1.54, 1.807) is 0 Å². The molecule has 0 atom stereocenters. The molecular formula is C11H22N2O. The van der Waals surface area contributed by atoms with E-state index in [-0.39, 0.29) is 5.92 Å². The first kappa shape index (κ1) is 11.5. The third kappa shape index (κ3) is 3.29. The first-order chi connectivity index (χ1) is 6.40. The summed E-state index contributed by atoms with van der Waals surface area (Å²) >= 11 is 0. The highest BCUT2D eigenvalue weighted by atomic mass is 16.2. The maximum absolute atomic E-state index is 11.7. The van der Waals surface area contributed by atoms with Crippen LogP contribution in [0.4, 0.5) is 0 Å². The van der Waals surface area contributed by atoms with Gasteiger partial charge in [0.05, 0.1) is 5.92 Å². The van der Waals surface area contributed by atoms with Gasteiger partial charge in [-0.15, -0.1) is 0 Å². The summed E-state index contributed by atoms with van der Waals surface area (Å²) in [6.07, 6.45) is 1.06. The summed E-state index contributed by atoms with van der Waals surface area (Å²) in [7, 11) is 1.91. The highest BCUT2D eigenvalue weighted by molar-refractivity contribution is 5.79. The number of hydrogen-bond donors (Lipinski definition) is 1. The Morgan fingerprint density at radius 2 is 2.00 bits per heavy atom. The van der Waals surface area contributed by atoms with Gasteiger partial charge in [0.15, 0.2) is 0 Å². The van der Waals surface area contributed by atoms with Gasteiger partial charge in [-0.3, -0.25) is 4.79 Å². The van der Waals surface area contributed by atoms with Crippen molar-refractivity contribution in [3.05, 3.63) is 0 Å². The van der Waals surface area contributed by atoms with Crippen LogP contribution in [0.25, 0.3) is 0 Å². The van der Waals surface area contributed by atoms with E-state index in [2.05, 4.69) is 26.1 Å². The molecule has 0 unspecified atom stereocenters. The molecule has 0 bridgehead atoms. The lowest BCUT2D eigenvalue weighted by Crippen LogP contribution is -2.51. The van der Waals surface area contributed by atoms with Crippen LogP contribution >= 0.6 is 0 Å². The molecule has 1 aliphatic rings. The number of rotatable bonds is 3. The van der Waals surface area contributed by atoms with Crippen LogP contribution in [-0.4, -0.2) is 37.5 Å². The summed E-state index contributed by atoms with van der Waals surface area (Å²) in [5.41, 5.74) is 0.312. The maximum Gasteiger partial charge on any atom is 0.227 e. The molecule has 0 aromatic carbocycles. The van der Waals surface area contributed by atoms with Crippen LogP contribution in [-0.2, 0) is 4.79 Å². The van der Waals surface area contributed by atoms with Crippen molar-refractivity contribution < 1.29 is 4.79 Å². The van der Waals surface area contributed by atoms with Crippen LogP contribution in [0, 0.1) is 11.3 Å². The van der Waals surface area contributed by atoms with Crippen LogP contribution in [0.1, 0.15) is 27.2 Å². The number of hydrogen-bond acceptors (Lipinski definition) is 2. The fraction of sp³-hybridized carbons (Fsp3) is 0.909. The zero-order valence-corrected chi connectivity index (χ0v) is 9.76. The minimum absolute atomic E-state index is 0.236. The molecule has 0 saturated carbocycles. The van der Waals surface area contributed by atoms with Crippen molar-refractivity contribution >= 4 is 5.91 Å². The van der Waals surface area contributed by atoms with Crippen molar-refractivity contribution in [2.24, 2.45) is 11.3 Å². The fourth-order valence-electron chi connectivity index (χ4n) is 1.39. The second-order valence-corrected chi connectivity index (χ2v) is 5.43. The van der Waals surface area contributed by atoms with Gasteiger partial charge in [0.25, 0.3) is 0 Å². The maximum atomic E-state index is 11.7. The first-order valence-corrected chi connectivity index (χ1v) is 5.36. The second-order valence-electron chi connectivity index (χ2n) is 5.43. The molecular weight excluding hydrogens is 176 g/mol. The van der Waals surface area contributed by atoms with Crippen LogP contribution < -0.4 is 5.32 Å². The summed E-state index contributed by atoms with van der Waals surface area (Å²) < 4.78 is 0. The van der Waals surface area contributed by atoms with E-state index in [4.69, 9.17) is 0 Å². The molecule has 0 spiro atoms. The predicted molar refractivity (Wildman–Crippen MR) is 58.1 cm³/mol. The minimum Gasteiger partial charge on any atom is -0.345 e. The van der Waals surface area contributed by atoms with E-state index in [0.29, 0.717) is 11.3 Å². The van der Waals surface area contributed by atoms with Gasteiger partial charge in [-0.2, -0.15) is 0 Å². The molecule has 1 aliphatic heterocycles. The van der Waals surface area contributed by atoms with Gasteiger partial charge in [0, 0.05) is 26.7 Å². The minimum atomic E-state index is 0.236. The Morgan fingerprint density at radius 3 is 2.36 bits per heavy atom. The molecule has 1 fully saturated rings. The van der Waals surface area contributed by atoms with Crippen LogP contribution in [0.15, 0.2) is 0 Å².